The van der Waals surface area contributed by atoms with E-state index in [2.05, 4.69) is 20.9 Å². The van der Waals surface area contributed by atoms with Crippen molar-refractivity contribution in [2.75, 3.05) is 0 Å². The highest BCUT2D eigenvalue weighted by Gasteiger charge is 2.33. The van der Waals surface area contributed by atoms with Crippen LogP contribution in [0, 0.1) is 0 Å². The van der Waals surface area contributed by atoms with Gasteiger partial charge in [0.2, 0.25) is 11.7 Å². The second kappa shape index (κ2) is 3.96. The zero-order chi connectivity index (χ0) is 12.0. The van der Waals surface area contributed by atoms with E-state index >= 15 is 0 Å². The van der Waals surface area contributed by atoms with Crippen LogP contribution >= 0.6 is 27.3 Å². The van der Waals surface area contributed by atoms with Gasteiger partial charge in [-0.3, -0.25) is 0 Å². The molecule has 1 aliphatic rings. The number of rotatable bonds is 3. The summed E-state index contributed by atoms with van der Waals surface area (Å²) in [6.45, 7) is 0. The molecular formula is C11H8BrNO3S. The molecule has 1 N–H and O–H groups in total. The highest BCUT2D eigenvalue weighted by molar-refractivity contribution is 9.11. The Balaban J connectivity index is 2.06. The number of hydrogen-bond donors (Lipinski definition) is 1. The minimum atomic E-state index is -1.04. The van der Waals surface area contributed by atoms with Crippen molar-refractivity contribution >= 4 is 33.2 Å². The van der Waals surface area contributed by atoms with Gasteiger partial charge < -0.3 is 9.52 Å². The maximum Gasteiger partial charge on any atom is 0.373 e. The third kappa shape index (κ3) is 2.02. The molecule has 0 spiro atoms. The van der Waals surface area contributed by atoms with Gasteiger partial charge in [0.05, 0.1) is 14.4 Å². The standard InChI is InChI=1S/C11H8BrNO3S/c12-7-4-3-6(17-7)10-13-8(5-1-2-5)9(16-10)11(14)15/h3-5H,1-2H2,(H,14,15). The fourth-order valence-electron chi connectivity index (χ4n) is 1.65. The van der Waals surface area contributed by atoms with E-state index in [0.717, 1.165) is 21.5 Å². The van der Waals surface area contributed by atoms with Crippen LogP contribution in [-0.4, -0.2) is 16.1 Å². The fourth-order valence-corrected chi connectivity index (χ4v) is 2.97. The number of carbonyl (C=O) groups is 1. The Hall–Kier alpha value is -1.14. The van der Waals surface area contributed by atoms with Crippen LogP contribution in [0.3, 0.4) is 0 Å². The van der Waals surface area contributed by atoms with E-state index in [1.165, 1.54) is 11.3 Å². The summed E-state index contributed by atoms with van der Waals surface area (Å²) in [4.78, 5) is 16.2. The summed E-state index contributed by atoms with van der Waals surface area (Å²) in [5.74, 6) is -0.379. The van der Waals surface area contributed by atoms with Crippen molar-refractivity contribution in [3.05, 3.63) is 27.4 Å². The summed E-state index contributed by atoms with van der Waals surface area (Å²) in [7, 11) is 0. The van der Waals surface area contributed by atoms with Crippen molar-refractivity contribution in [3.8, 4) is 10.8 Å². The summed E-state index contributed by atoms with van der Waals surface area (Å²) < 4.78 is 6.32. The van der Waals surface area contributed by atoms with Gasteiger partial charge >= 0.3 is 5.97 Å². The molecule has 1 saturated carbocycles. The smallest absolute Gasteiger partial charge is 0.373 e. The number of thiophene rings is 1. The summed E-state index contributed by atoms with van der Waals surface area (Å²) in [5, 5.41) is 9.07. The lowest BCUT2D eigenvalue weighted by molar-refractivity contribution is 0.0661. The Labute approximate surface area is 109 Å². The van der Waals surface area contributed by atoms with Gasteiger partial charge in [-0.15, -0.1) is 11.3 Å². The zero-order valence-corrected chi connectivity index (χ0v) is 11.0. The molecule has 0 aromatic carbocycles. The highest BCUT2D eigenvalue weighted by Crippen LogP contribution is 2.43. The predicted molar refractivity (Wildman–Crippen MR) is 66.5 cm³/mol. The molecule has 0 radical (unpaired) electrons. The molecule has 88 valence electrons. The average Bonchev–Trinajstić information content (AvgIpc) is 2.87. The number of nitrogens with zero attached hydrogens (tertiary/aromatic N) is 1. The van der Waals surface area contributed by atoms with Crippen LogP contribution in [0.2, 0.25) is 0 Å². The molecule has 0 bridgehead atoms. The van der Waals surface area contributed by atoms with Crippen LogP contribution in [0.4, 0.5) is 0 Å². The Kier molecular flexibility index (Phi) is 2.56. The summed E-state index contributed by atoms with van der Waals surface area (Å²) in [6.07, 6.45) is 2.00. The monoisotopic (exact) mass is 313 g/mol. The van der Waals surface area contributed by atoms with Crippen molar-refractivity contribution in [2.24, 2.45) is 0 Å². The van der Waals surface area contributed by atoms with Gasteiger partial charge in [-0.1, -0.05) is 0 Å². The maximum atomic E-state index is 11.1. The summed E-state index contributed by atoms with van der Waals surface area (Å²) in [5.41, 5.74) is 0.594. The van der Waals surface area contributed by atoms with Crippen LogP contribution in [0.25, 0.3) is 10.8 Å². The van der Waals surface area contributed by atoms with Gasteiger partial charge in [0.15, 0.2) is 0 Å². The molecule has 4 nitrogen and oxygen atoms in total. The number of carboxylic acids is 1. The van der Waals surface area contributed by atoms with E-state index in [9.17, 15) is 4.79 Å². The molecule has 2 heterocycles. The highest BCUT2D eigenvalue weighted by atomic mass is 79.9. The number of aromatic nitrogens is 1. The van der Waals surface area contributed by atoms with Crippen LogP contribution < -0.4 is 0 Å². The first-order chi connectivity index (χ1) is 8.15. The lowest BCUT2D eigenvalue weighted by Crippen LogP contribution is -1.98. The van der Waals surface area contributed by atoms with Crippen molar-refractivity contribution in [1.29, 1.82) is 0 Å². The van der Waals surface area contributed by atoms with Crippen molar-refractivity contribution < 1.29 is 14.3 Å². The minimum absolute atomic E-state index is 0.00739. The quantitative estimate of drug-likeness (QED) is 0.937. The summed E-state index contributed by atoms with van der Waals surface area (Å²) >= 11 is 4.83. The Morgan fingerprint density at radius 3 is 2.82 bits per heavy atom. The van der Waals surface area contributed by atoms with Gasteiger partial charge in [-0.25, -0.2) is 9.78 Å². The number of hydrogen-bond acceptors (Lipinski definition) is 4. The van der Waals surface area contributed by atoms with Crippen LogP contribution in [0.5, 0.6) is 0 Å². The molecule has 17 heavy (non-hydrogen) atoms. The third-order valence-corrected chi connectivity index (χ3v) is 4.21. The predicted octanol–water partition coefficient (Wildman–Crippen LogP) is 3.74. The zero-order valence-electron chi connectivity index (χ0n) is 8.64. The SMILES string of the molecule is O=C(O)c1oc(-c2ccc(Br)s2)nc1C1CC1. The van der Waals surface area contributed by atoms with Gasteiger partial charge in [-0.05, 0) is 40.9 Å². The van der Waals surface area contributed by atoms with Crippen LogP contribution in [0.15, 0.2) is 20.3 Å². The molecule has 0 amide bonds. The molecule has 2 aromatic heterocycles. The number of oxazole rings is 1. The van der Waals surface area contributed by atoms with E-state index in [4.69, 9.17) is 9.52 Å². The fraction of sp³-hybridized carbons (Fsp3) is 0.273. The van der Waals surface area contributed by atoms with Gasteiger partial charge in [0.25, 0.3) is 0 Å². The van der Waals surface area contributed by atoms with Gasteiger partial charge in [-0.2, -0.15) is 0 Å². The minimum Gasteiger partial charge on any atom is -0.475 e. The van der Waals surface area contributed by atoms with Crippen LogP contribution in [-0.2, 0) is 0 Å². The van der Waals surface area contributed by atoms with E-state index in [-0.39, 0.29) is 11.7 Å². The van der Waals surface area contributed by atoms with Crippen molar-refractivity contribution in [3.63, 3.8) is 0 Å². The Bertz CT molecular complexity index is 585. The molecule has 0 aliphatic heterocycles. The summed E-state index contributed by atoms with van der Waals surface area (Å²) in [6, 6.07) is 3.75. The third-order valence-electron chi connectivity index (χ3n) is 2.60. The van der Waals surface area contributed by atoms with Crippen LogP contribution in [0.1, 0.15) is 35.0 Å². The number of halogens is 1. The molecule has 2 aromatic rings. The lowest BCUT2D eigenvalue weighted by Gasteiger charge is -1.89. The van der Waals surface area contributed by atoms with E-state index in [1.807, 2.05) is 12.1 Å². The second-order valence-corrected chi connectivity index (χ2v) is 6.38. The number of aromatic carboxylic acids is 1. The first-order valence-electron chi connectivity index (χ1n) is 5.15. The van der Waals surface area contributed by atoms with E-state index in [1.54, 1.807) is 0 Å². The average molecular weight is 314 g/mol. The first-order valence-corrected chi connectivity index (χ1v) is 6.76. The molecule has 0 saturated heterocycles. The molecule has 3 rings (SSSR count). The molecular weight excluding hydrogens is 306 g/mol. The maximum absolute atomic E-state index is 11.1. The first kappa shape index (κ1) is 11.0. The van der Waals surface area contributed by atoms with Gasteiger partial charge in [0.1, 0.15) is 0 Å². The molecule has 6 heteroatoms. The van der Waals surface area contributed by atoms with Gasteiger partial charge in [0, 0.05) is 5.92 Å². The normalized spacial score (nSPS) is 15.1. The topological polar surface area (TPSA) is 63.3 Å². The molecule has 0 unspecified atom stereocenters. The largest absolute Gasteiger partial charge is 0.475 e. The molecule has 1 aliphatic carbocycles. The van der Waals surface area contributed by atoms with Crippen molar-refractivity contribution in [1.82, 2.24) is 4.98 Å². The molecule has 1 fully saturated rings. The Morgan fingerprint density at radius 1 is 1.53 bits per heavy atom. The van der Waals surface area contributed by atoms with Crippen molar-refractivity contribution in [2.45, 2.75) is 18.8 Å². The van der Waals surface area contributed by atoms with E-state index in [0.29, 0.717) is 11.6 Å². The lowest BCUT2D eigenvalue weighted by atomic mass is 10.2. The second-order valence-electron chi connectivity index (χ2n) is 3.92. The number of carboxylic acid groups (broad SMARTS) is 1. The molecule has 0 atom stereocenters. The Morgan fingerprint density at radius 2 is 2.29 bits per heavy atom. The van der Waals surface area contributed by atoms with E-state index < -0.39 is 5.97 Å².